The second kappa shape index (κ2) is 8.02. The lowest BCUT2D eigenvalue weighted by molar-refractivity contribution is -0.121. The van der Waals surface area contributed by atoms with Crippen LogP contribution in [0.15, 0.2) is 45.9 Å². The highest BCUT2D eigenvalue weighted by Gasteiger charge is 2.00. The molecule has 0 spiro atoms. The summed E-state index contributed by atoms with van der Waals surface area (Å²) in [4.78, 5) is 11.6. The summed E-state index contributed by atoms with van der Waals surface area (Å²) in [5, 5.41) is 7.14. The van der Waals surface area contributed by atoms with Gasteiger partial charge in [0, 0.05) is 18.7 Å². The van der Waals surface area contributed by atoms with Crippen molar-refractivity contribution in [1.29, 1.82) is 0 Å². The molecule has 1 heterocycles. The smallest absolute Gasteiger partial charge is 0.240 e. The molecule has 5 heteroatoms. The van der Waals surface area contributed by atoms with Crippen LogP contribution in [0.5, 0.6) is 0 Å². The van der Waals surface area contributed by atoms with Crippen LogP contribution in [0.3, 0.4) is 0 Å². The van der Waals surface area contributed by atoms with E-state index in [0.29, 0.717) is 12.2 Å². The van der Waals surface area contributed by atoms with Crippen LogP contribution < -0.4 is 10.7 Å². The largest absolute Gasteiger partial charge is 0.460 e. The molecule has 0 fully saturated rings. The summed E-state index contributed by atoms with van der Waals surface area (Å²) in [5.41, 5.74) is 4.79. The maximum Gasteiger partial charge on any atom is 0.240 e. The van der Waals surface area contributed by atoms with Crippen LogP contribution in [0, 0.1) is 13.8 Å². The molecule has 1 aromatic heterocycles. The molecule has 0 radical (unpaired) electrons. The first-order valence-corrected chi connectivity index (χ1v) is 7.32. The fourth-order valence-electron chi connectivity index (χ4n) is 1.90. The van der Waals surface area contributed by atoms with Crippen LogP contribution in [-0.2, 0) is 4.79 Å². The molecule has 2 N–H and O–H groups in total. The maximum atomic E-state index is 11.6. The molecule has 0 aliphatic carbocycles. The zero-order valence-corrected chi connectivity index (χ0v) is 12.9. The molecule has 0 unspecified atom stereocenters. The quantitative estimate of drug-likeness (QED) is 0.468. The Hall–Kier alpha value is -2.56. The second-order valence-electron chi connectivity index (χ2n) is 5.14. The van der Waals surface area contributed by atoms with Crippen molar-refractivity contribution in [1.82, 2.24) is 5.43 Å². The number of hydrogen-bond donors (Lipinski definition) is 2. The summed E-state index contributed by atoms with van der Waals surface area (Å²) in [6, 6.07) is 11.8. The van der Waals surface area contributed by atoms with Crippen molar-refractivity contribution in [2.24, 2.45) is 5.10 Å². The number of carbonyl (C=O) groups excluding carboxylic acids is 1. The van der Waals surface area contributed by atoms with Gasteiger partial charge in [-0.15, -0.1) is 0 Å². The van der Waals surface area contributed by atoms with E-state index in [-0.39, 0.29) is 5.91 Å². The highest BCUT2D eigenvalue weighted by atomic mass is 16.3. The van der Waals surface area contributed by atoms with Crippen molar-refractivity contribution in [3.8, 4) is 0 Å². The van der Waals surface area contributed by atoms with E-state index >= 15 is 0 Å². The van der Waals surface area contributed by atoms with Crippen LogP contribution in [0.4, 0.5) is 5.69 Å². The molecule has 0 aliphatic heterocycles. The first-order chi connectivity index (χ1) is 10.6. The van der Waals surface area contributed by atoms with Crippen molar-refractivity contribution < 1.29 is 9.21 Å². The van der Waals surface area contributed by atoms with E-state index in [1.807, 2.05) is 25.1 Å². The Balaban J connectivity index is 1.61. The molecule has 1 aromatic carbocycles. The van der Waals surface area contributed by atoms with Gasteiger partial charge in [0.25, 0.3) is 0 Å². The number of nitrogens with one attached hydrogen (secondary N) is 2. The van der Waals surface area contributed by atoms with Gasteiger partial charge in [0.05, 0.1) is 6.21 Å². The van der Waals surface area contributed by atoms with E-state index in [1.165, 1.54) is 11.8 Å². The van der Waals surface area contributed by atoms with Gasteiger partial charge in [-0.2, -0.15) is 5.10 Å². The normalized spacial score (nSPS) is 10.8. The lowest BCUT2D eigenvalue weighted by Gasteiger charge is -2.06. The van der Waals surface area contributed by atoms with Crippen molar-refractivity contribution in [2.75, 3.05) is 11.9 Å². The number of rotatable bonds is 7. The molecule has 116 valence electrons. The Kier molecular flexibility index (Phi) is 5.77. The van der Waals surface area contributed by atoms with Crippen molar-refractivity contribution in [3.63, 3.8) is 0 Å². The minimum Gasteiger partial charge on any atom is -0.460 e. The van der Waals surface area contributed by atoms with Gasteiger partial charge in [-0.3, -0.25) is 4.79 Å². The van der Waals surface area contributed by atoms with Gasteiger partial charge < -0.3 is 9.73 Å². The number of hydrazone groups is 1. The molecule has 0 saturated heterocycles. The zero-order valence-electron chi connectivity index (χ0n) is 12.9. The van der Waals surface area contributed by atoms with Crippen LogP contribution in [0.1, 0.15) is 29.9 Å². The summed E-state index contributed by atoms with van der Waals surface area (Å²) >= 11 is 0. The molecule has 0 bridgehead atoms. The Labute approximate surface area is 130 Å². The van der Waals surface area contributed by atoms with Crippen molar-refractivity contribution >= 4 is 17.8 Å². The Morgan fingerprint density at radius 1 is 1.18 bits per heavy atom. The van der Waals surface area contributed by atoms with Gasteiger partial charge >= 0.3 is 0 Å². The van der Waals surface area contributed by atoms with Crippen LogP contribution in [0.25, 0.3) is 0 Å². The van der Waals surface area contributed by atoms with Gasteiger partial charge in [0.2, 0.25) is 5.91 Å². The Morgan fingerprint density at radius 2 is 1.95 bits per heavy atom. The van der Waals surface area contributed by atoms with E-state index in [1.54, 1.807) is 6.07 Å². The topological polar surface area (TPSA) is 66.6 Å². The second-order valence-corrected chi connectivity index (χ2v) is 5.14. The van der Waals surface area contributed by atoms with Gasteiger partial charge in [-0.1, -0.05) is 17.7 Å². The number of amides is 1. The molecule has 1 amide bonds. The molecule has 2 aromatic rings. The summed E-state index contributed by atoms with van der Waals surface area (Å²) < 4.78 is 5.31. The number of benzene rings is 1. The molecular weight excluding hydrogens is 278 g/mol. The number of anilines is 1. The molecule has 2 rings (SSSR count). The fourth-order valence-corrected chi connectivity index (χ4v) is 1.90. The molecule has 0 aliphatic rings. The monoisotopic (exact) mass is 299 g/mol. The van der Waals surface area contributed by atoms with Crippen molar-refractivity contribution in [2.45, 2.75) is 26.7 Å². The zero-order chi connectivity index (χ0) is 15.8. The molecule has 22 heavy (non-hydrogen) atoms. The standard InChI is InChI=1S/C17H21N3O2/c1-13-5-8-15(9-6-13)18-11-3-4-17(21)20-19-12-16-10-7-14(2)22-16/h5-10,12,18H,3-4,11H2,1-2H3,(H,20,21)/b19-12-. The molecule has 0 saturated carbocycles. The lowest BCUT2D eigenvalue weighted by Crippen LogP contribution is -2.18. The number of hydrogen-bond acceptors (Lipinski definition) is 4. The summed E-state index contributed by atoms with van der Waals surface area (Å²) in [7, 11) is 0. The third-order valence-corrected chi connectivity index (χ3v) is 3.10. The Morgan fingerprint density at radius 3 is 2.64 bits per heavy atom. The summed E-state index contributed by atoms with van der Waals surface area (Å²) in [6.07, 6.45) is 2.66. The minimum atomic E-state index is -0.106. The number of furan rings is 1. The first kappa shape index (κ1) is 15.8. The van der Waals surface area contributed by atoms with E-state index in [9.17, 15) is 4.79 Å². The van der Waals surface area contributed by atoms with Crippen LogP contribution >= 0.6 is 0 Å². The summed E-state index contributed by atoms with van der Waals surface area (Å²) in [5.74, 6) is 1.33. The van der Waals surface area contributed by atoms with Gasteiger partial charge in [-0.25, -0.2) is 5.43 Å². The lowest BCUT2D eigenvalue weighted by atomic mass is 10.2. The fraction of sp³-hybridized carbons (Fsp3) is 0.294. The van der Waals surface area contributed by atoms with Gasteiger partial charge in [-0.05, 0) is 44.5 Å². The third kappa shape index (κ3) is 5.44. The maximum absolute atomic E-state index is 11.6. The molecular formula is C17H21N3O2. The third-order valence-electron chi connectivity index (χ3n) is 3.10. The number of carbonyl (C=O) groups is 1. The number of aryl methyl sites for hydroxylation is 2. The molecule has 0 atom stereocenters. The predicted molar refractivity (Wildman–Crippen MR) is 88.1 cm³/mol. The van der Waals surface area contributed by atoms with Crippen LogP contribution in [-0.4, -0.2) is 18.7 Å². The van der Waals surface area contributed by atoms with E-state index < -0.39 is 0 Å². The average Bonchev–Trinajstić information content (AvgIpc) is 2.91. The van der Waals surface area contributed by atoms with E-state index in [4.69, 9.17) is 4.42 Å². The molecule has 5 nitrogen and oxygen atoms in total. The van der Waals surface area contributed by atoms with E-state index in [2.05, 4.69) is 34.9 Å². The highest BCUT2D eigenvalue weighted by Crippen LogP contribution is 2.08. The predicted octanol–water partition coefficient (Wildman–Crippen LogP) is 3.24. The first-order valence-electron chi connectivity index (χ1n) is 7.32. The highest BCUT2D eigenvalue weighted by molar-refractivity contribution is 5.80. The number of nitrogens with zero attached hydrogens (tertiary/aromatic N) is 1. The Bertz CT molecular complexity index is 630. The van der Waals surface area contributed by atoms with E-state index in [0.717, 1.165) is 24.4 Å². The minimum absolute atomic E-state index is 0.106. The van der Waals surface area contributed by atoms with Gasteiger partial charge in [0.15, 0.2) is 0 Å². The SMILES string of the molecule is Cc1ccc(NCCCC(=O)N/N=C\c2ccc(C)o2)cc1. The van der Waals surface area contributed by atoms with Crippen LogP contribution in [0.2, 0.25) is 0 Å². The van der Waals surface area contributed by atoms with Gasteiger partial charge in [0.1, 0.15) is 11.5 Å². The van der Waals surface area contributed by atoms with Crippen molar-refractivity contribution in [3.05, 3.63) is 53.5 Å². The summed E-state index contributed by atoms with van der Waals surface area (Å²) in [6.45, 7) is 4.66. The average molecular weight is 299 g/mol.